The molecule has 6 nitrogen and oxygen atoms in total. The molecule has 0 unspecified atom stereocenters. The number of hydrogen-bond donors (Lipinski definition) is 0. The zero-order valence-electron chi connectivity index (χ0n) is 6.92. The van der Waals surface area contributed by atoms with Crippen LogP contribution in [-0.2, 0) is 7.05 Å². The Morgan fingerprint density at radius 3 is 2.85 bits per heavy atom. The molecule has 0 N–H and O–H groups in total. The van der Waals surface area contributed by atoms with Crippen LogP contribution in [0.2, 0.25) is 0 Å². The fourth-order valence-corrected chi connectivity index (χ4v) is 0.989. The Kier molecular flexibility index (Phi) is 1.56. The third-order valence-corrected chi connectivity index (χ3v) is 1.59. The molecule has 0 aliphatic rings. The quantitative estimate of drug-likeness (QED) is 0.603. The zero-order chi connectivity index (χ0) is 9.26. The summed E-state index contributed by atoms with van der Waals surface area (Å²) in [6.45, 7) is 0. The molecule has 2 rings (SSSR count). The molecule has 0 aliphatic carbocycles. The fourth-order valence-electron chi connectivity index (χ4n) is 0.989. The van der Waals surface area contributed by atoms with E-state index >= 15 is 0 Å². The second-order valence-corrected chi connectivity index (χ2v) is 2.46. The number of imidazole rings is 1. The van der Waals surface area contributed by atoms with E-state index in [1.54, 1.807) is 17.0 Å². The van der Waals surface area contributed by atoms with E-state index in [1.165, 1.54) is 11.0 Å². The number of nitriles is 1. The molecule has 64 valence electrons. The van der Waals surface area contributed by atoms with Crippen LogP contribution in [-0.4, -0.2) is 24.3 Å². The lowest BCUT2D eigenvalue weighted by atomic mass is 10.7. The van der Waals surface area contributed by atoms with Gasteiger partial charge in [0, 0.05) is 19.4 Å². The molecule has 13 heavy (non-hydrogen) atoms. The Morgan fingerprint density at radius 2 is 2.31 bits per heavy atom. The van der Waals surface area contributed by atoms with Crippen molar-refractivity contribution in [1.29, 1.82) is 5.26 Å². The van der Waals surface area contributed by atoms with Crippen LogP contribution in [0.4, 0.5) is 0 Å². The minimum atomic E-state index is 0.142. The van der Waals surface area contributed by atoms with Crippen molar-refractivity contribution in [2.24, 2.45) is 7.05 Å². The largest absolute Gasteiger partial charge is 0.319 e. The van der Waals surface area contributed by atoms with E-state index in [4.69, 9.17) is 5.26 Å². The van der Waals surface area contributed by atoms with Gasteiger partial charge in [-0.2, -0.15) is 9.94 Å². The van der Waals surface area contributed by atoms with E-state index in [9.17, 15) is 0 Å². The number of hydrogen-bond acceptors (Lipinski definition) is 4. The van der Waals surface area contributed by atoms with E-state index in [0.29, 0.717) is 5.95 Å². The van der Waals surface area contributed by atoms with Gasteiger partial charge in [0.1, 0.15) is 12.4 Å². The van der Waals surface area contributed by atoms with Crippen molar-refractivity contribution in [1.82, 2.24) is 24.3 Å². The van der Waals surface area contributed by atoms with Gasteiger partial charge in [0.2, 0.25) is 5.95 Å². The first kappa shape index (κ1) is 7.49. The molecular formula is C7H6N6. The first-order valence-corrected chi connectivity index (χ1v) is 3.60. The Bertz CT molecular complexity index is 459. The number of aromatic nitrogens is 5. The van der Waals surface area contributed by atoms with Gasteiger partial charge in [-0.3, -0.25) is 0 Å². The molecule has 0 atom stereocenters. The van der Waals surface area contributed by atoms with Crippen LogP contribution >= 0.6 is 0 Å². The lowest BCUT2D eigenvalue weighted by Gasteiger charge is -1.97. The topological polar surface area (TPSA) is 72.3 Å². The van der Waals surface area contributed by atoms with Crippen LogP contribution in [0.5, 0.6) is 0 Å². The molecule has 2 aromatic heterocycles. The van der Waals surface area contributed by atoms with Crippen LogP contribution in [0.15, 0.2) is 18.7 Å². The summed E-state index contributed by atoms with van der Waals surface area (Å²) in [6, 6.07) is 1.85. The van der Waals surface area contributed by atoms with Gasteiger partial charge in [0.05, 0.1) is 0 Å². The summed E-state index contributed by atoms with van der Waals surface area (Å²) >= 11 is 0. The molecular weight excluding hydrogens is 168 g/mol. The van der Waals surface area contributed by atoms with Crippen molar-refractivity contribution in [2.45, 2.75) is 0 Å². The predicted octanol–water partition coefficient (Wildman–Crippen LogP) is -0.128. The maximum Gasteiger partial charge on any atom is 0.252 e. The molecule has 2 aromatic rings. The van der Waals surface area contributed by atoms with Gasteiger partial charge in [-0.25, -0.2) is 9.97 Å². The van der Waals surface area contributed by atoms with Crippen molar-refractivity contribution in [3.05, 3.63) is 24.5 Å². The van der Waals surface area contributed by atoms with E-state index in [-0.39, 0.29) is 5.82 Å². The molecule has 0 bridgehead atoms. The molecule has 0 saturated heterocycles. The molecule has 0 aromatic carbocycles. The lowest BCUT2D eigenvalue weighted by Crippen LogP contribution is -2.03. The van der Waals surface area contributed by atoms with Crippen molar-refractivity contribution >= 4 is 0 Å². The lowest BCUT2D eigenvalue weighted by molar-refractivity contribution is 0.746. The summed E-state index contributed by atoms with van der Waals surface area (Å²) in [5.41, 5.74) is 0. The average Bonchev–Trinajstić information content (AvgIpc) is 2.71. The van der Waals surface area contributed by atoms with Gasteiger partial charge < -0.3 is 4.57 Å². The fraction of sp³-hybridized carbons (Fsp3) is 0.143. The average molecular weight is 174 g/mol. The summed E-state index contributed by atoms with van der Waals surface area (Å²) in [4.78, 5) is 7.82. The van der Waals surface area contributed by atoms with E-state index < -0.39 is 0 Å². The third-order valence-electron chi connectivity index (χ3n) is 1.59. The van der Waals surface area contributed by atoms with Crippen LogP contribution in [0, 0.1) is 11.3 Å². The zero-order valence-corrected chi connectivity index (χ0v) is 6.92. The highest BCUT2D eigenvalue weighted by atomic mass is 15.4. The molecule has 2 heterocycles. The van der Waals surface area contributed by atoms with Crippen LogP contribution in [0.1, 0.15) is 5.82 Å². The number of aryl methyl sites for hydroxylation is 1. The van der Waals surface area contributed by atoms with Gasteiger partial charge in [0.15, 0.2) is 0 Å². The van der Waals surface area contributed by atoms with Crippen molar-refractivity contribution in [2.75, 3.05) is 0 Å². The van der Waals surface area contributed by atoms with Gasteiger partial charge in [-0.15, -0.1) is 5.10 Å². The molecule has 0 amide bonds. The Balaban J connectivity index is 2.48. The highest BCUT2D eigenvalue weighted by molar-refractivity contribution is 5.13. The normalized spacial score (nSPS) is 9.85. The summed E-state index contributed by atoms with van der Waals surface area (Å²) in [7, 11) is 1.84. The highest BCUT2D eigenvalue weighted by Gasteiger charge is 2.04. The minimum Gasteiger partial charge on any atom is -0.319 e. The van der Waals surface area contributed by atoms with Gasteiger partial charge in [0.25, 0.3) is 5.82 Å². The summed E-state index contributed by atoms with van der Waals surface area (Å²) in [5, 5.41) is 12.4. The van der Waals surface area contributed by atoms with Gasteiger partial charge >= 0.3 is 0 Å². The number of rotatable bonds is 1. The standard InChI is InChI=1S/C7H6N6/c1-12-3-2-9-7(12)13-5-10-6(4-8)11-13/h2-3,5H,1H3. The van der Waals surface area contributed by atoms with Crippen LogP contribution in [0.25, 0.3) is 5.95 Å². The maximum absolute atomic E-state index is 8.50. The molecule has 0 fully saturated rings. The smallest absolute Gasteiger partial charge is 0.252 e. The molecule has 0 spiro atoms. The van der Waals surface area contributed by atoms with Gasteiger partial charge in [-0.1, -0.05) is 0 Å². The summed E-state index contributed by atoms with van der Waals surface area (Å²) in [5.74, 6) is 0.775. The maximum atomic E-state index is 8.50. The first-order valence-electron chi connectivity index (χ1n) is 3.60. The van der Waals surface area contributed by atoms with Gasteiger partial charge in [-0.05, 0) is 0 Å². The Hall–Kier alpha value is -2.16. The van der Waals surface area contributed by atoms with Crippen molar-refractivity contribution in [3.8, 4) is 12.0 Å². The summed E-state index contributed by atoms with van der Waals surface area (Å²) in [6.07, 6.45) is 4.91. The second-order valence-electron chi connectivity index (χ2n) is 2.46. The van der Waals surface area contributed by atoms with E-state index in [0.717, 1.165) is 0 Å². The third kappa shape index (κ3) is 1.16. The Morgan fingerprint density at radius 1 is 1.46 bits per heavy atom. The SMILES string of the molecule is Cn1ccnc1-n1cnc(C#N)n1. The summed E-state index contributed by atoms with van der Waals surface area (Å²) < 4.78 is 3.24. The number of nitrogens with zero attached hydrogens (tertiary/aromatic N) is 6. The molecule has 0 aliphatic heterocycles. The second kappa shape index (κ2) is 2.71. The van der Waals surface area contributed by atoms with Crippen LogP contribution < -0.4 is 0 Å². The molecule has 0 saturated carbocycles. The van der Waals surface area contributed by atoms with E-state index in [2.05, 4.69) is 15.1 Å². The first-order chi connectivity index (χ1) is 6.31. The Labute approximate surface area is 74.1 Å². The minimum absolute atomic E-state index is 0.142. The van der Waals surface area contributed by atoms with Crippen LogP contribution in [0.3, 0.4) is 0 Å². The van der Waals surface area contributed by atoms with Crippen molar-refractivity contribution < 1.29 is 0 Å². The van der Waals surface area contributed by atoms with E-state index in [1.807, 2.05) is 13.1 Å². The molecule has 0 radical (unpaired) electrons. The molecule has 6 heteroatoms. The highest BCUT2D eigenvalue weighted by Crippen LogP contribution is 2.00. The van der Waals surface area contributed by atoms with Crippen molar-refractivity contribution in [3.63, 3.8) is 0 Å². The predicted molar refractivity (Wildman–Crippen MR) is 42.8 cm³/mol. The monoisotopic (exact) mass is 174 g/mol.